The van der Waals surface area contributed by atoms with Gasteiger partial charge < -0.3 is 0 Å². The first kappa shape index (κ1) is 8.54. The van der Waals surface area contributed by atoms with Crippen LogP contribution in [0.15, 0.2) is 61.2 Å². The molecule has 0 aliphatic carbocycles. The van der Waals surface area contributed by atoms with Crippen LogP contribution in [0.4, 0.5) is 0 Å². The zero-order valence-electron chi connectivity index (χ0n) is 6.98. The van der Waals surface area contributed by atoms with Gasteiger partial charge in [0.2, 0.25) is 0 Å². The van der Waals surface area contributed by atoms with Gasteiger partial charge in [0.25, 0.3) is 0 Å². The van der Waals surface area contributed by atoms with Crippen molar-refractivity contribution < 1.29 is 0 Å². The number of allylic oxidation sites excluding steroid dienone is 4. The second-order valence-electron chi connectivity index (χ2n) is 2.39. The van der Waals surface area contributed by atoms with Crippen molar-refractivity contribution >= 4 is 6.08 Å². The van der Waals surface area contributed by atoms with E-state index >= 15 is 0 Å². The van der Waals surface area contributed by atoms with Gasteiger partial charge in [0.05, 0.1) is 0 Å². The van der Waals surface area contributed by atoms with Crippen LogP contribution in [-0.4, -0.2) is 0 Å². The van der Waals surface area contributed by atoms with Crippen molar-refractivity contribution in [2.75, 3.05) is 0 Å². The molecule has 0 spiro atoms. The van der Waals surface area contributed by atoms with E-state index in [4.69, 9.17) is 0 Å². The van der Waals surface area contributed by atoms with E-state index in [0.29, 0.717) is 0 Å². The summed E-state index contributed by atoms with van der Waals surface area (Å²) in [7, 11) is 0. The van der Waals surface area contributed by atoms with Gasteiger partial charge in [-0.25, -0.2) is 0 Å². The molecule has 0 N–H and O–H groups in total. The molecule has 60 valence electrons. The van der Waals surface area contributed by atoms with Crippen LogP contribution in [-0.2, 0) is 0 Å². The monoisotopic (exact) mass is 156 g/mol. The molecule has 0 aliphatic rings. The molecule has 0 aromatic heterocycles. The van der Waals surface area contributed by atoms with Gasteiger partial charge in [-0.3, -0.25) is 0 Å². The minimum absolute atomic E-state index is 1.21. The standard InChI is InChI=1S/C12H12/c1-2-3-4-6-9-12-10-7-5-8-11-12/h2-11H,1H2/b4-3+,9-6?. The third kappa shape index (κ3) is 3.02. The normalized spacial score (nSPS) is 11.0. The molecule has 0 nitrogen and oxygen atoms in total. The summed E-state index contributed by atoms with van der Waals surface area (Å²) < 4.78 is 0. The third-order valence-corrected chi connectivity index (χ3v) is 1.45. The second kappa shape index (κ2) is 5.14. The SMILES string of the molecule is C=C/C=C/C=Cc1ccccc1. The Morgan fingerprint density at radius 3 is 2.33 bits per heavy atom. The van der Waals surface area contributed by atoms with Gasteiger partial charge in [-0.1, -0.05) is 67.3 Å². The summed E-state index contributed by atoms with van der Waals surface area (Å²) in [5.74, 6) is 0. The van der Waals surface area contributed by atoms with E-state index in [1.165, 1.54) is 5.56 Å². The van der Waals surface area contributed by atoms with E-state index in [1.54, 1.807) is 6.08 Å². The van der Waals surface area contributed by atoms with Gasteiger partial charge in [-0.15, -0.1) is 0 Å². The van der Waals surface area contributed by atoms with Crippen LogP contribution in [0.25, 0.3) is 6.08 Å². The largest absolute Gasteiger partial charge is 0.0991 e. The molecule has 0 saturated heterocycles. The van der Waals surface area contributed by atoms with Gasteiger partial charge in [0, 0.05) is 0 Å². The average Bonchev–Trinajstić information content (AvgIpc) is 2.14. The van der Waals surface area contributed by atoms with Crippen molar-refractivity contribution in [3.63, 3.8) is 0 Å². The van der Waals surface area contributed by atoms with Crippen molar-refractivity contribution in [1.82, 2.24) is 0 Å². The molecule has 0 aliphatic heterocycles. The van der Waals surface area contributed by atoms with Crippen molar-refractivity contribution in [1.29, 1.82) is 0 Å². The van der Waals surface area contributed by atoms with Gasteiger partial charge in [-0.05, 0) is 5.56 Å². The minimum atomic E-state index is 1.21. The predicted octanol–water partition coefficient (Wildman–Crippen LogP) is 3.44. The molecule has 0 atom stereocenters. The average molecular weight is 156 g/mol. The molecule has 0 amide bonds. The summed E-state index contributed by atoms with van der Waals surface area (Å²) in [5, 5.41) is 0. The van der Waals surface area contributed by atoms with Crippen molar-refractivity contribution in [2.45, 2.75) is 0 Å². The fraction of sp³-hybridized carbons (Fsp3) is 0. The minimum Gasteiger partial charge on any atom is -0.0991 e. The lowest BCUT2D eigenvalue weighted by molar-refractivity contribution is 1.66. The highest BCUT2D eigenvalue weighted by atomic mass is 13.8. The van der Waals surface area contributed by atoms with Gasteiger partial charge >= 0.3 is 0 Å². The molecule has 0 saturated carbocycles. The molecular formula is C12H12. The van der Waals surface area contributed by atoms with Crippen LogP contribution >= 0.6 is 0 Å². The van der Waals surface area contributed by atoms with E-state index < -0.39 is 0 Å². The van der Waals surface area contributed by atoms with Gasteiger partial charge in [-0.2, -0.15) is 0 Å². The van der Waals surface area contributed by atoms with Crippen molar-refractivity contribution in [3.8, 4) is 0 Å². The Balaban J connectivity index is 2.58. The van der Waals surface area contributed by atoms with Gasteiger partial charge in [0.1, 0.15) is 0 Å². The van der Waals surface area contributed by atoms with E-state index in [-0.39, 0.29) is 0 Å². The molecule has 0 bridgehead atoms. The molecule has 1 rings (SSSR count). The second-order valence-corrected chi connectivity index (χ2v) is 2.39. The third-order valence-electron chi connectivity index (χ3n) is 1.45. The number of hydrogen-bond acceptors (Lipinski definition) is 0. The van der Waals surface area contributed by atoms with Crippen LogP contribution < -0.4 is 0 Å². The Bertz CT molecular complexity index is 278. The van der Waals surface area contributed by atoms with Crippen LogP contribution in [0.5, 0.6) is 0 Å². The van der Waals surface area contributed by atoms with Crippen molar-refractivity contribution in [3.05, 3.63) is 66.8 Å². The summed E-state index contributed by atoms with van der Waals surface area (Å²) in [6.45, 7) is 3.58. The highest BCUT2D eigenvalue weighted by Gasteiger charge is 1.78. The summed E-state index contributed by atoms with van der Waals surface area (Å²) in [6.07, 6.45) is 9.67. The predicted molar refractivity (Wildman–Crippen MR) is 54.8 cm³/mol. The molecule has 0 radical (unpaired) electrons. The maximum absolute atomic E-state index is 3.58. The van der Waals surface area contributed by atoms with Crippen LogP contribution in [0.1, 0.15) is 5.56 Å². The summed E-state index contributed by atoms with van der Waals surface area (Å²) in [6, 6.07) is 10.2. The van der Waals surface area contributed by atoms with Gasteiger partial charge in [0.15, 0.2) is 0 Å². The molecule has 1 aromatic rings. The van der Waals surface area contributed by atoms with Crippen LogP contribution in [0, 0.1) is 0 Å². The summed E-state index contributed by atoms with van der Waals surface area (Å²) in [5.41, 5.74) is 1.21. The maximum atomic E-state index is 3.58. The topological polar surface area (TPSA) is 0 Å². The number of benzene rings is 1. The van der Waals surface area contributed by atoms with Crippen LogP contribution in [0.3, 0.4) is 0 Å². The Morgan fingerprint density at radius 2 is 1.67 bits per heavy atom. The van der Waals surface area contributed by atoms with E-state index in [1.807, 2.05) is 36.4 Å². The Hall–Kier alpha value is -1.56. The smallest absolute Gasteiger partial charge is 0.0257 e. The Morgan fingerprint density at radius 1 is 0.917 bits per heavy atom. The van der Waals surface area contributed by atoms with Crippen LogP contribution in [0.2, 0.25) is 0 Å². The Kier molecular flexibility index (Phi) is 3.65. The quantitative estimate of drug-likeness (QED) is 0.588. The number of rotatable bonds is 3. The zero-order valence-corrected chi connectivity index (χ0v) is 6.98. The lowest BCUT2D eigenvalue weighted by atomic mass is 10.2. The fourth-order valence-electron chi connectivity index (χ4n) is 0.874. The first-order valence-corrected chi connectivity index (χ1v) is 3.94. The first-order chi connectivity index (χ1) is 5.93. The maximum Gasteiger partial charge on any atom is -0.0257 e. The molecule has 0 fully saturated rings. The lowest BCUT2D eigenvalue weighted by Gasteiger charge is -1.87. The highest BCUT2D eigenvalue weighted by Crippen LogP contribution is 2.00. The summed E-state index contributed by atoms with van der Waals surface area (Å²) >= 11 is 0. The molecule has 1 aromatic carbocycles. The summed E-state index contributed by atoms with van der Waals surface area (Å²) in [4.78, 5) is 0. The fourth-order valence-corrected chi connectivity index (χ4v) is 0.874. The molecule has 12 heavy (non-hydrogen) atoms. The number of hydrogen-bond donors (Lipinski definition) is 0. The van der Waals surface area contributed by atoms with E-state index in [0.717, 1.165) is 0 Å². The zero-order chi connectivity index (χ0) is 8.65. The van der Waals surface area contributed by atoms with Crippen molar-refractivity contribution in [2.24, 2.45) is 0 Å². The molecule has 0 heteroatoms. The van der Waals surface area contributed by atoms with E-state index in [9.17, 15) is 0 Å². The van der Waals surface area contributed by atoms with E-state index in [2.05, 4.69) is 24.8 Å². The molecule has 0 unspecified atom stereocenters. The molecular weight excluding hydrogens is 144 g/mol. The molecule has 0 heterocycles. The lowest BCUT2D eigenvalue weighted by Crippen LogP contribution is -1.66. The highest BCUT2D eigenvalue weighted by molar-refractivity contribution is 5.50. The Labute approximate surface area is 73.6 Å². The first-order valence-electron chi connectivity index (χ1n) is 3.94.